The first-order valence-corrected chi connectivity index (χ1v) is 23.4. The van der Waals surface area contributed by atoms with Crippen LogP contribution in [0.3, 0.4) is 0 Å². The maximum atomic E-state index is 13.8. The van der Waals surface area contributed by atoms with Gasteiger partial charge in [0.15, 0.2) is 0 Å². The van der Waals surface area contributed by atoms with Crippen LogP contribution in [0.1, 0.15) is 22.3 Å². The molecular weight excluding hydrogens is 1260 g/mol. The third-order valence-corrected chi connectivity index (χ3v) is 12.6. The molecule has 0 amide bonds. The van der Waals surface area contributed by atoms with Gasteiger partial charge in [-0.2, -0.15) is 87.8 Å². The van der Waals surface area contributed by atoms with Crippen molar-refractivity contribution in [3.05, 3.63) is 181 Å². The first-order chi connectivity index (χ1) is 38.7. The van der Waals surface area contributed by atoms with E-state index in [1.807, 2.05) is 35.6 Å². The number of halogens is 20. The quantitative estimate of drug-likeness (QED) is 0.123. The van der Waals surface area contributed by atoms with Crippen LogP contribution in [-0.2, 0) is 64.0 Å². The van der Waals surface area contributed by atoms with Crippen LogP contribution in [-0.4, -0.2) is 64.2 Å². The molecule has 0 saturated carbocycles. The van der Waals surface area contributed by atoms with Crippen LogP contribution in [0.2, 0.25) is 0 Å². The Labute approximate surface area is 483 Å². The number of nitrogens with zero attached hydrogens (tertiary/aromatic N) is 4. The molecule has 448 valence electrons. The van der Waals surface area contributed by atoms with Gasteiger partial charge in [-0.1, -0.05) is 72.8 Å². The third kappa shape index (κ3) is 13.1. The maximum Gasteiger partial charge on any atom is 0.458 e. The van der Waals surface area contributed by atoms with Gasteiger partial charge in [-0.3, -0.25) is 0 Å². The maximum absolute atomic E-state index is 13.8. The van der Waals surface area contributed by atoms with E-state index in [-0.39, 0.29) is 91.5 Å². The summed E-state index contributed by atoms with van der Waals surface area (Å²) in [5.74, 6) is -23.0. The normalized spacial score (nSPS) is 12.7. The molecular formula is C56H36F20N4O4Zr. The number of phenols is 4. The number of hydrogen-bond donors (Lipinski definition) is 4. The average Bonchev–Trinajstić information content (AvgIpc) is 2.13. The van der Waals surface area contributed by atoms with Gasteiger partial charge in [0, 0.05) is 110 Å². The zero-order valence-electron chi connectivity index (χ0n) is 42.6. The van der Waals surface area contributed by atoms with Gasteiger partial charge < -0.3 is 29.6 Å². The van der Waals surface area contributed by atoms with Crippen molar-refractivity contribution in [1.82, 2.24) is 19.1 Å². The summed E-state index contributed by atoms with van der Waals surface area (Å²) in [5.41, 5.74) is -6.58. The molecule has 0 aliphatic heterocycles. The van der Waals surface area contributed by atoms with Crippen molar-refractivity contribution in [3.63, 3.8) is 0 Å². The number of hydrogen-bond acceptors (Lipinski definition) is 6. The van der Waals surface area contributed by atoms with Crippen LogP contribution in [0.15, 0.2) is 159 Å². The Morgan fingerprint density at radius 1 is 0.306 bits per heavy atom. The first kappa shape index (κ1) is 66.0. The van der Waals surface area contributed by atoms with E-state index in [9.17, 15) is 108 Å². The Morgan fingerprint density at radius 2 is 0.506 bits per heavy atom. The topological polar surface area (TPSA) is 117 Å². The van der Waals surface area contributed by atoms with Crippen molar-refractivity contribution in [1.29, 1.82) is 0 Å². The monoisotopic (exact) mass is 1300 g/mol. The predicted molar refractivity (Wildman–Crippen MR) is 267 cm³/mol. The van der Waals surface area contributed by atoms with E-state index in [4.69, 9.17) is 0 Å². The third-order valence-electron chi connectivity index (χ3n) is 12.6. The molecule has 85 heavy (non-hydrogen) atoms. The fourth-order valence-corrected chi connectivity index (χ4v) is 8.41. The van der Waals surface area contributed by atoms with Crippen molar-refractivity contribution in [2.24, 2.45) is 14.1 Å². The molecule has 0 spiro atoms. The molecule has 29 heteroatoms. The number of alkyl halides is 20. The average molecular weight is 1300 g/mol. The second-order valence-electron chi connectivity index (χ2n) is 18.3. The van der Waals surface area contributed by atoms with Crippen LogP contribution in [0.25, 0.3) is 65.3 Å². The summed E-state index contributed by atoms with van der Waals surface area (Å²) in [5, 5.41) is 40.8. The Kier molecular flexibility index (Phi) is 18.5. The molecule has 0 saturated heterocycles. The van der Waals surface area contributed by atoms with Crippen LogP contribution >= 0.6 is 0 Å². The number of benzene rings is 8. The van der Waals surface area contributed by atoms with E-state index in [1.165, 1.54) is 0 Å². The van der Waals surface area contributed by atoms with E-state index in [2.05, 4.69) is 9.97 Å². The first-order valence-electron chi connectivity index (χ1n) is 23.4. The summed E-state index contributed by atoms with van der Waals surface area (Å²) in [4.78, 5) is 7.57. The smallest absolute Gasteiger partial charge is 0.458 e. The minimum atomic E-state index is -5.88. The number of aromatic nitrogens is 4. The minimum Gasteiger partial charge on any atom is -0.507 e. The van der Waals surface area contributed by atoms with E-state index in [0.29, 0.717) is 48.5 Å². The van der Waals surface area contributed by atoms with Crippen molar-refractivity contribution < 1.29 is 134 Å². The Hall–Kier alpha value is -8.10. The summed E-state index contributed by atoms with van der Waals surface area (Å²) in [6.07, 6.45) is -12.8. The molecule has 10 rings (SSSR count). The molecule has 0 atom stereocenters. The number of imidazole rings is 2. The largest absolute Gasteiger partial charge is 0.507 e. The van der Waals surface area contributed by atoms with E-state index in [0.717, 1.165) is 72.8 Å². The molecule has 8 nitrogen and oxygen atoms in total. The number of fused-ring (bicyclic) bond motifs is 4. The molecule has 10 aromatic rings. The van der Waals surface area contributed by atoms with E-state index >= 15 is 0 Å². The van der Waals surface area contributed by atoms with Crippen molar-refractivity contribution in [2.45, 2.75) is 48.4 Å². The van der Waals surface area contributed by atoms with Crippen LogP contribution in [0, 0.1) is 0 Å². The molecule has 0 radical (unpaired) electrons. The number of phenolic OH excluding ortho intramolecular Hbond substituents is 4. The van der Waals surface area contributed by atoms with Crippen LogP contribution in [0.4, 0.5) is 87.8 Å². The molecule has 0 bridgehead atoms. The van der Waals surface area contributed by atoms with Gasteiger partial charge in [0.2, 0.25) is 0 Å². The summed E-state index contributed by atoms with van der Waals surface area (Å²) >= 11 is 0. The molecule has 0 fully saturated rings. The van der Waals surface area contributed by atoms with Crippen molar-refractivity contribution in [3.8, 4) is 45.3 Å². The van der Waals surface area contributed by atoms with Gasteiger partial charge in [0.1, 0.15) is 23.0 Å². The minimum absolute atomic E-state index is 0. The van der Waals surface area contributed by atoms with Gasteiger partial charge >= 0.3 is 48.4 Å². The van der Waals surface area contributed by atoms with Gasteiger partial charge in [-0.15, -0.1) is 0 Å². The van der Waals surface area contributed by atoms with Crippen LogP contribution < -0.4 is 0 Å². The predicted octanol–water partition coefficient (Wildman–Crippen LogP) is 17.6. The van der Waals surface area contributed by atoms with Crippen LogP contribution in [0.5, 0.6) is 23.0 Å². The molecule has 4 N–H and O–H groups in total. The summed E-state index contributed by atoms with van der Waals surface area (Å²) < 4.78 is 268. The Morgan fingerprint density at radius 3 is 0.647 bits per heavy atom. The number of aromatic hydroxyl groups is 4. The van der Waals surface area contributed by atoms with E-state index in [1.54, 1.807) is 25.0 Å². The van der Waals surface area contributed by atoms with Gasteiger partial charge in [0.05, 0.1) is 12.7 Å². The zero-order valence-corrected chi connectivity index (χ0v) is 45.1. The summed E-state index contributed by atoms with van der Waals surface area (Å²) in [6.45, 7) is 0. The number of aryl methyl sites for hydroxylation is 2. The zero-order chi connectivity index (χ0) is 62.5. The Bertz CT molecular complexity index is 3530. The molecule has 0 aliphatic carbocycles. The molecule has 2 aromatic heterocycles. The fraction of sp³-hybridized carbons (Fsp3) is 0.179. The molecule has 8 aromatic carbocycles. The Balaban J connectivity index is 0.000000224. The summed E-state index contributed by atoms with van der Waals surface area (Å²) in [6, 6.07) is 15.5. The number of rotatable bonds is 6. The van der Waals surface area contributed by atoms with Gasteiger partial charge in [-0.25, -0.2) is 9.97 Å². The molecule has 2 heterocycles. The standard InChI is InChI=1S/2C24H12F10O2.2C4H6N2.Zr/c2*25-21(26,23(29,30)31)13-3-5-15-11(9-13)1-7-17(35)19(15)20-16-6-4-14(22(27,28)24(32,33)34)10-12(16)2-8-18(20)36;2*1-6-3-2-5-4-6;/h2*1-10,35-36H;2*2-4H,1H3;. The van der Waals surface area contributed by atoms with Crippen molar-refractivity contribution >= 4 is 43.1 Å². The summed E-state index contributed by atoms with van der Waals surface area (Å²) in [7, 11) is 3.88. The van der Waals surface area contributed by atoms with E-state index < -0.39 is 93.6 Å². The fourth-order valence-electron chi connectivity index (χ4n) is 8.41. The van der Waals surface area contributed by atoms with Crippen molar-refractivity contribution in [2.75, 3.05) is 0 Å². The second-order valence-corrected chi connectivity index (χ2v) is 18.3. The molecule has 0 unspecified atom stereocenters. The SMILES string of the molecule is Cn1ccnc1.Cn1ccnc1.Oc1ccc2cc(C(F)(F)C(F)(F)F)ccc2c1-c1c(O)ccc2cc(C(F)(F)C(F)(F)F)ccc12.Oc1ccc2cc(C(F)(F)C(F)(F)F)ccc2c1-c1c(O)ccc2cc(C(F)(F)C(F)(F)F)ccc12.[Zr]. The second kappa shape index (κ2) is 23.8. The molecule has 0 aliphatic rings. The van der Waals surface area contributed by atoms with Gasteiger partial charge in [-0.05, 0) is 91.6 Å². The van der Waals surface area contributed by atoms with Gasteiger partial charge in [0.25, 0.3) is 0 Å².